The fraction of sp³-hybridized carbons (Fsp3) is 0.364. The van der Waals surface area contributed by atoms with Crippen LogP contribution in [0.15, 0.2) is 35.3 Å². The molecule has 16 heavy (non-hydrogen) atoms. The van der Waals surface area contributed by atoms with Gasteiger partial charge in [0.05, 0.1) is 13.3 Å². The Morgan fingerprint density at radius 3 is 2.75 bits per heavy atom. The number of hydrogen-bond donors (Lipinski definition) is 1. The maximum Gasteiger partial charge on any atom is 0.159 e. The molecule has 3 nitrogen and oxygen atoms in total. The molecule has 1 aromatic rings. The number of thioether (sulfide) groups is 1. The van der Waals surface area contributed by atoms with E-state index >= 15 is 0 Å². The van der Waals surface area contributed by atoms with Gasteiger partial charge >= 0.3 is 0 Å². The third-order valence-electron chi connectivity index (χ3n) is 2.17. The van der Waals surface area contributed by atoms with Gasteiger partial charge in [-0.3, -0.25) is 4.90 Å². The third-order valence-corrected chi connectivity index (χ3v) is 3.20. The lowest BCUT2D eigenvalue weighted by atomic mass is 10.2. The van der Waals surface area contributed by atoms with Crippen molar-refractivity contribution in [1.29, 1.82) is 0 Å². The molecule has 0 atom stereocenters. The summed E-state index contributed by atoms with van der Waals surface area (Å²) >= 11 is 1.76. The first-order valence-electron chi connectivity index (χ1n) is 4.98. The Hall–Kier alpha value is -0.710. The van der Waals surface area contributed by atoms with Gasteiger partial charge in [0.2, 0.25) is 0 Å². The van der Waals surface area contributed by atoms with Crippen LogP contribution < -0.4 is 17.7 Å². The fourth-order valence-electron chi connectivity index (χ4n) is 1.32. The molecule has 0 saturated carbocycles. The monoisotopic (exact) mass is 256 g/mol. The summed E-state index contributed by atoms with van der Waals surface area (Å²) in [5, 5.41) is 4.33. The number of amidine groups is 1. The highest BCUT2D eigenvalue weighted by Crippen LogP contribution is 2.13. The SMILES string of the molecule is CN1CN=C(SCc2ccccc2)NC1.[Cl-]. The Morgan fingerprint density at radius 2 is 2.12 bits per heavy atom. The zero-order valence-electron chi connectivity index (χ0n) is 9.19. The predicted molar refractivity (Wildman–Crippen MR) is 65.8 cm³/mol. The van der Waals surface area contributed by atoms with Crippen LogP contribution >= 0.6 is 11.8 Å². The van der Waals surface area contributed by atoms with Crippen molar-refractivity contribution in [3.05, 3.63) is 35.9 Å². The van der Waals surface area contributed by atoms with Crippen LogP contribution in [0.4, 0.5) is 0 Å². The van der Waals surface area contributed by atoms with Crippen LogP contribution in [-0.4, -0.2) is 30.5 Å². The van der Waals surface area contributed by atoms with Gasteiger partial charge in [0.25, 0.3) is 0 Å². The molecule has 1 N–H and O–H groups in total. The lowest BCUT2D eigenvalue weighted by molar-refractivity contribution is -0.00000311. The Labute approximate surface area is 107 Å². The highest BCUT2D eigenvalue weighted by atomic mass is 35.5. The Bertz CT molecular complexity index is 342. The van der Waals surface area contributed by atoms with Crippen LogP contribution in [0.2, 0.25) is 0 Å². The van der Waals surface area contributed by atoms with E-state index in [0.717, 1.165) is 24.3 Å². The number of benzene rings is 1. The second kappa shape index (κ2) is 6.78. The Balaban J connectivity index is 0.00000128. The van der Waals surface area contributed by atoms with E-state index < -0.39 is 0 Å². The minimum absolute atomic E-state index is 0. The van der Waals surface area contributed by atoms with E-state index in [1.165, 1.54) is 5.56 Å². The highest BCUT2D eigenvalue weighted by Gasteiger charge is 2.07. The first kappa shape index (κ1) is 13.4. The summed E-state index contributed by atoms with van der Waals surface area (Å²) in [6.45, 7) is 1.69. The average molecular weight is 257 g/mol. The molecule has 1 aliphatic heterocycles. The number of aliphatic imine (C=N–C) groups is 1. The van der Waals surface area contributed by atoms with Gasteiger partial charge in [-0.15, -0.1) is 0 Å². The minimum atomic E-state index is 0. The molecule has 88 valence electrons. The van der Waals surface area contributed by atoms with Gasteiger partial charge in [0, 0.05) is 5.75 Å². The van der Waals surface area contributed by atoms with Crippen molar-refractivity contribution < 1.29 is 12.4 Å². The molecule has 1 aromatic carbocycles. The normalized spacial score (nSPS) is 15.9. The summed E-state index contributed by atoms with van der Waals surface area (Å²) in [5.74, 6) is 0.983. The van der Waals surface area contributed by atoms with E-state index in [0.29, 0.717) is 0 Å². The summed E-state index contributed by atoms with van der Waals surface area (Å²) in [6.07, 6.45) is 0. The minimum Gasteiger partial charge on any atom is -1.00 e. The number of halogens is 1. The smallest absolute Gasteiger partial charge is 0.159 e. The zero-order chi connectivity index (χ0) is 10.5. The predicted octanol–water partition coefficient (Wildman–Crippen LogP) is -1.27. The first-order valence-corrected chi connectivity index (χ1v) is 5.97. The van der Waals surface area contributed by atoms with E-state index in [4.69, 9.17) is 0 Å². The van der Waals surface area contributed by atoms with Crippen LogP contribution in [0.3, 0.4) is 0 Å². The van der Waals surface area contributed by atoms with Crippen molar-refractivity contribution in [3.8, 4) is 0 Å². The van der Waals surface area contributed by atoms with Gasteiger partial charge in [-0.05, 0) is 12.6 Å². The molecular weight excluding hydrogens is 242 g/mol. The summed E-state index contributed by atoms with van der Waals surface area (Å²) in [4.78, 5) is 6.55. The second-order valence-electron chi connectivity index (χ2n) is 3.57. The summed E-state index contributed by atoms with van der Waals surface area (Å²) in [7, 11) is 2.05. The molecular formula is C11H15ClN3S-. The van der Waals surface area contributed by atoms with Crippen LogP contribution in [0, 0.1) is 0 Å². The molecule has 0 bridgehead atoms. The largest absolute Gasteiger partial charge is 1.00 e. The molecule has 0 aromatic heterocycles. The third kappa shape index (κ3) is 4.04. The van der Waals surface area contributed by atoms with Gasteiger partial charge < -0.3 is 17.7 Å². The van der Waals surface area contributed by atoms with Gasteiger partial charge in [-0.2, -0.15) is 0 Å². The Kier molecular flexibility index (Phi) is 5.66. The van der Waals surface area contributed by atoms with E-state index in [1.54, 1.807) is 11.8 Å². The second-order valence-corrected chi connectivity index (χ2v) is 4.53. The van der Waals surface area contributed by atoms with Crippen LogP contribution in [0.5, 0.6) is 0 Å². The lowest BCUT2D eigenvalue weighted by Crippen LogP contribution is -3.00. The van der Waals surface area contributed by atoms with Crippen LogP contribution in [0.1, 0.15) is 5.56 Å². The van der Waals surface area contributed by atoms with Crippen molar-refractivity contribution >= 4 is 16.9 Å². The van der Waals surface area contributed by atoms with Crippen molar-refractivity contribution in [2.45, 2.75) is 5.75 Å². The van der Waals surface area contributed by atoms with E-state index in [2.05, 4.69) is 46.5 Å². The molecule has 0 aliphatic carbocycles. The van der Waals surface area contributed by atoms with Crippen molar-refractivity contribution in [3.63, 3.8) is 0 Å². The topological polar surface area (TPSA) is 27.6 Å². The van der Waals surface area contributed by atoms with E-state index in [-0.39, 0.29) is 12.4 Å². The van der Waals surface area contributed by atoms with Gasteiger partial charge in [-0.1, -0.05) is 42.1 Å². The molecule has 2 rings (SSSR count). The average Bonchev–Trinajstić information content (AvgIpc) is 2.30. The number of nitrogens with zero attached hydrogens (tertiary/aromatic N) is 2. The maximum absolute atomic E-state index is 4.42. The maximum atomic E-state index is 4.42. The van der Waals surface area contributed by atoms with Crippen LogP contribution in [0.25, 0.3) is 0 Å². The number of hydrogen-bond acceptors (Lipinski definition) is 4. The zero-order valence-corrected chi connectivity index (χ0v) is 10.8. The van der Waals surface area contributed by atoms with Crippen molar-refractivity contribution in [2.24, 2.45) is 4.99 Å². The highest BCUT2D eigenvalue weighted by molar-refractivity contribution is 8.13. The molecule has 0 spiro atoms. The summed E-state index contributed by atoms with van der Waals surface area (Å²) in [6, 6.07) is 10.5. The molecule has 0 fully saturated rings. The van der Waals surface area contributed by atoms with Gasteiger partial charge in [0.1, 0.15) is 0 Å². The number of rotatable bonds is 2. The molecule has 0 unspecified atom stereocenters. The molecule has 0 saturated heterocycles. The quantitative estimate of drug-likeness (QED) is 0.715. The molecule has 0 radical (unpaired) electrons. The summed E-state index contributed by atoms with van der Waals surface area (Å²) < 4.78 is 0. The van der Waals surface area contributed by atoms with Crippen molar-refractivity contribution in [2.75, 3.05) is 20.4 Å². The molecule has 5 heteroatoms. The lowest BCUT2D eigenvalue weighted by Gasteiger charge is -2.22. The molecule has 1 heterocycles. The molecule has 0 amide bonds. The van der Waals surface area contributed by atoms with Crippen LogP contribution in [-0.2, 0) is 5.75 Å². The van der Waals surface area contributed by atoms with Gasteiger partial charge in [0.15, 0.2) is 5.17 Å². The standard InChI is InChI=1S/C11H15N3S.ClH/c1-14-8-12-11(13-9-14)15-7-10-5-3-2-4-6-10;/h2-6H,7-9H2,1H3,(H,12,13);1H/p-1. The van der Waals surface area contributed by atoms with E-state index in [1.807, 2.05) is 6.07 Å². The molecule has 1 aliphatic rings. The Morgan fingerprint density at radius 1 is 1.38 bits per heavy atom. The summed E-state index contributed by atoms with van der Waals surface area (Å²) in [5.41, 5.74) is 1.34. The fourth-order valence-corrected chi connectivity index (χ4v) is 2.13. The first-order chi connectivity index (χ1) is 7.34. The van der Waals surface area contributed by atoms with Gasteiger partial charge in [-0.25, -0.2) is 4.99 Å². The van der Waals surface area contributed by atoms with E-state index in [9.17, 15) is 0 Å². The number of nitrogens with one attached hydrogen (secondary N) is 1. The van der Waals surface area contributed by atoms with Crippen molar-refractivity contribution in [1.82, 2.24) is 10.2 Å².